The smallest absolute Gasteiger partial charge is 0.249 e. The highest BCUT2D eigenvalue weighted by molar-refractivity contribution is 7.72. The van der Waals surface area contributed by atoms with Gasteiger partial charge in [0.05, 0.1) is 0 Å². The van der Waals surface area contributed by atoms with Gasteiger partial charge in [-0.15, -0.1) is 0 Å². The second-order valence-corrected chi connectivity index (χ2v) is 4.16. The van der Waals surface area contributed by atoms with Crippen molar-refractivity contribution >= 4 is 19.0 Å². The third-order valence-electron chi connectivity index (χ3n) is 1.47. The van der Waals surface area contributed by atoms with Crippen molar-refractivity contribution in [2.24, 2.45) is 0 Å². The van der Waals surface area contributed by atoms with Gasteiger partial charge in [0.25, 0.3) is 7.51 Å². The summed E-state index contributed by atoms with van der Waals surface area (Å²) in [5.41, 5.74) is -2.59. The molecule has 0 saturated heterocycles. The molecule has 80 valence electrons. The van der Waals surface area contributed by atoms with Crippen molar-refractivity contribution in [1.82, 2.24) is 0 Å². The van der Waals surface area contributed by atoms with E-state index in [-0.39, 0.29) is 0 Å². The van der Waals surface area contributed by atoms with Gasteiger partial charge in [0.2, 0.25) is 11.7 Å². The molecule has 0 spiro atoms. The van der Waals surface area contributed by atoms with Crippen LogP contribution >= 0.6 is 7.51 Å². The van der Waals surface area contributed by atoms with Gasteiger partial charge in [-0.3, -0.25) is 0 Å². The number of alkyl halides is 1. The van der Waals surface area contributed by atoms with E-state index in [9.17, 15) is 30.9 Å². The van der Waals surface area contributed by atoms with E-state index in [0.29, 0.717) is 0 Å². The second kappa shape index (κ2) is 3.34. The predicted molar refractivity (Wildman–Crippen MR) is 35.5 cm³/mol. The molecule has 0 saturated carbocycles. The molecular weight excluding hydrogens is 237 g/mol. The average Bonchev–Trinajstić information content (AvgIpc) is 2.27. The first kappa shape index (κ1) is 11.2. The Balaban J connectivity index is 3.35. The molecule has 2 nitrogen and oxygen atoms in total. The number of carbonyl (C=O) groups is 1. The van der Waals surface area contributed by atoms with Gasteiger partial charge < -0.3 is 0 Å². The standard InChI is InChI=1S/C5HF6O2P/c6-1-2(7)4(8)14(10,11)3(1)5(12)13-9/h2H. The Morgan fingerprint density at radius 1 is 1.36 bits per heavy atom. The molecule has 0 aromatic heterocycles. The van der Waals surface area contributed by atoms with E-state index in [1.165, 1.54) is 0 Å². The first-order chi connectivity index (χ1) is 6.34. The van der Waals surface area contributed by atoms with Gasteiger partial charge in [0.15, 0.2) is 11.1 Å². The van der Waals surface area contributed by atoms with Crippen LogP contribution in [-0.2, 0) is 9.74 Å². The number of halogens is 6. The summed E-state index contributed by atoms with van der Waals surface area (Å²) in [6.45, 7) is 0. The third kappa shape index (κ3) is 1.33. The Hall–Kier alpha value is -0.910. The van der Waals surface area contributed by atoms with Gasteiger partial charge in [0.1, 0.15) is 0 Å². The lowest BCUT2D eigenvalue weighted by atomic mass is 10.3. The second-order valence-electron chi connectivity index (χ2n) is 2.26. The van der Waals surface area contributed by atoms with Gasteiger partial charge in [-0.05, 0) is 0 Å². The zero-order chi connectivity index (χ0) is 11.1. The first-order valence-electron chi connectivity index (χ1n) is 3.02. The lowest BCUT2D eigenvalue weighted by Gasteiger charge is -2.01. The highest BCUT2D eigenvalue weighted by atomic mass is 31.2. The van der Waals surface area contributed by atoms with Gasteiger partial charge in [-0.2, -0.15) is 8.39 Å². The fourth-order valence-corrected chi connectivity index (χ4v) is 2.11. The molecule has 1 rings (SSSR count). The monoisotopic (exact) mass is 238 g/mol. The van der Waals surface area contributed by atoms with Crippen LogP contribution in [0.3, 0.4) is 0 Å². The van der Waals surface area contributed by atoms with Crippen LogP contribution in [0, 0.1) is 0 Å². The van der Waals surface area contributed by atoms with Crippen LogP contribution in [-0.4, -0.2) is 17.7 Å². The molecule has 0 fully saturated rings. The first-order valence-corrected chi connectivity index (χ1v) is 4.59. The number of hydrogen-bond donors (Lipinski definition) is 0. The molecule has 14 heavy (non-hydrogen) atoms. The maximum absolute atomic E-state index is 12.6. The third-order valence-corrected chi connectivity index (χ3v) is 3.19. The minimum Gasteiger partial charge on any atom is -0.249 e. The molecule has 0 bridgehead atoms. The Morgan fingerprint density at radius 3 is 2.14 bits per heavy atom. The average molecular weight is 238 g/mol. The molecule has 1 unspecified atom stereocenters. The molecule has 1 heterocycles. The Morgan fingerprint density at radius 2 is 1.86 bits per heavy atom. The van der Waals surface area contributed by atoms with E-state index in [1.54, 1.807) is 0 Å². The summed E-state index contributed by atoms with van der Waals surface area (Å²) in [6, 6.07) is 0. The summed E-state index contributed by atoms with van der Waals surface area (Å²) in [5, 5.41) is -2.18. The molecule has 0 radical (unpaired) electrons. The fourth-order valence-electron chi connectivity index (χ4n) is 0.857. The van der Waals surface area contributed by atoms with Crippen LogP contribution in [0.1, 0.15) is 0 Å². The van der Waals surface area contributed by atoms with E-state index < -0.39 is 36.3 Å². The molecule has 0 aromatic carbocycles. The maximum Gasteiger partial charge on any atom is 0.387 e. The van der Waals surface area contributed by atoms with Crippen LogP contribution < -0.4 is 0 Å². The summed E-state index contributed by atoms with van der Waals surface area (Å²) in [6.07, 6.45) is -3.31. The van der Waals surface area contributed by atoms with Crippen molar-refractivity contribution in [2.75, 3.05) is 0 Å². The van der Waals surface area contributed by atoms with Crippen molar-refractivity contribution < 1.29 is 35.8 Å². The molecule has 0 aromatic rings. The van der Waals surface area contributed by atoms with Crippen LogP contribution in [0.4, 0.5) is 26.1 Å². The van der Waals surface area contributed by atoms with E-state index in [2.05, 4.69) is 4.94 Å². The van der Waals surface area contributed by atoms with Crippen LogP contribution in [0.2, 0.25) is 0 Å². The quantitative estimate of drug-likeness (QED) is 0.518. The Bertz CT molecular complexity index is 368. The van der Waals surface area contributed by atoms with Crippen molar-refractivity contribution in [3.8, 4) is 0 Å². The van der Waals surface area contributed by atoms with Gasteiger partial charge in [0, 0.05) is 4.53 Å². The maximum atomic E-state index is 12.6. The number of hydrogen-bond acceptors (Lipinski definition) is 2. The van der Waals surface area contributed by atoms with Crippen LogP contribution in [0.25, 0.3) is 0 Å². The lowest BCUT2D eigenvalue weighted by molar-refractivity contribution is -0.177. The largest absolute Gasteiger partial charge is 0.387 e. The van der Waals surface area contributed by atoms with E-state index in [4.69, 9.17) is 0 Å². The molecule has 1 aliphatic heterocycles. The van der Waals surface area contributed by atoms with Crippen LogP contribution in [0.15, 0.2) is 11.1 Å². The summed E-state index contributed by atoms with van der Waals surface area (Å²) in [4.78, 5) is 12.5. The van der Waals surface area contributed by atoms with E-state index in [1.807, 2.05) is 0 Å². The number of carbonyl (C=O) groups excluding carboxylic acids is 1. The summed E-state index contributed by atoms with van der Waals surface area (Å²) >= 11 is 0. The molecular formula is C5HF6O2P. The molecule has 1 aliphatic rings. The SMILES string of the molecule is O=C(OF)C1=C(F)C(F)C(F)=P1(F)F. The topological polar surface area (TPSA) is 26.3 Å². The summed E-state index contributed by atoms with van der Waals surface area (Å²) < 4.78 is 73.6. The molecule has 0 aliphatic carbocycles. The zero-order valence-electron chi connectivity index (χ0n) is 6.11. The normalized spacial score (nSPS) is 25.6. The van der Waals surface area contributed by atoms with E-state index in [0.717, 1.165) is 0 Å². The molecule has 0 amide bonds. The van der Waals surface area contributed by atoms with Crippen molar-refractivity contribution in [1.29, 1.82) is 0 Å². The zero-order valence-corrected chi connectivity index (χ0v) is 7.00. The van der Waals surface area contributed by atoms with Crippen LogP contribution in [0.5, 0.6) is 0 Å². The Kier molecular flexibility index (Phi) is 2.67. The molecule has 1 atom stereocenters. The number of allylic oxidation sites excluding steroid dienone is 1. The van der Waals surface area contributed by atoms with Gasteiger partial charge in [-0.25, -0.2) is 22.9 Å². The van der Waals surface area contributed by atoms with Crippen molar-refractivity contribution in [3.05, 3.63) is 11.1 Å². The minimum absolute atomic E-state index is 2.18. The Labute approximate surface area is 73.3 Å². The number of rotatable bonds is 1. The predicted octanol–water partition coefficient (Wildman–Crippen LogP) is 2.83. The van der Waals surface area contributed by atoms with Gasteiger partial charge in [-0.1, -0.05) is 0 Å². The lowest BCUT2D eigenvalue weighted by Crippen LogP contribution is -2.06. The van der Waals surface area contributed by atoms with Gasteiger partial charge >= 0.3 is 5.97 Å². The summed E-state index contributed by atoms with van der Waals surface area (Å²) in [7, 11) is -6.01. The van der Waals surface area contributed by atoms with Crippen molar-refractivity contribution in [2.45, 2.75) is 6.17 Å². The highest BCUT2D eigenvalue weighted by Crippen LogP contribution is 2.66. The minimum atomic E-state index is -6.01. The fraction of sp³-hybridized carbons (Fsp3) is 0.200. The summed E-state index contributed by atoms with van der Waals surface area (Å²) in [5.74, 6) is -4.74. The van der Waals surface area contributed by atoms with Crippen molar-refractivity contribution in [3.63, 3.8) is 0 Å². The molecule has 9 heteroatoms. The highest BCUT2D eigenvalue weighted by Gasteiger charge is 2.50. The van der Waals surface area contributed by atoms with E-state index >= 15 is 0 Å². The molecule has 0 N–H and O–H groups in total.